The van der Waals surface area contributed by atoms with Crippen LogP contribution in [0.1, 0.15) is 33.6 Å². The Kier molecular flexibility index (Phi) is 4.95. The van der Waals surface area contributed by atoms with E-state index >= 15 is 0 Å². The summed E-state index contributed by atoms with van der Waals surface area (Å²) in [6.07, 6.45) is 1.49. The molecule has 1 heterocycles. The highest BCUT2D eigenvalue weighted by molar-refractivity contribution is 5.73. The van der Waals surface area contributed by atoms with E-state index in [2.05, 4.69) is 25.7 Å². The predicted octanol–water partition coefficient (Wildman–Crippen LogP) is 1.84. The smallest absolute Gasteiger partial charge is 0.320 e. The molecule has 0 aromatic heterocycles. The van der Waals surface area contributed by atoms with Crippen molar-refractivity contribution in [2.24, 2.45) is 11.3 Å². The number of ether oxygens (including phenoxy) is 1. The zero-order valence-corrected chi connectivity index (χ0v) is 11.4. The summed E-state index contributed by atoms with van der Waals surface area (Å²) in [6, 6.07) is -0.330. The molecule has 0 aromatic carbocycles. The SMILES string of the molecule is COCCCC(C(=O)O)N1CC(C(C)(C)C)C1. The molecule has 0 saturated carbocycles. The Hall–Kier alpha value is -0.610. The fraction of sp³-hybridized carbons (Fsp3) is 0.923. The van der Waals surface area contributed by atoms with Gasteiger partial charge in [-0.3, -0.25) is 9.69 Å². The Balaban J connectivity index is 2.39. The molecule has 1 unspecified atom stereocenters. The first-order valence-corrected chi connectivity index (χ1v) is 6.32. The van der Waals surface area contributed by atoms with Gasteiger partial charge in [0.1, 0.15) is 6.04 Å². The molecule has 0 aliphatic carbocycles. The summed E-state index contributed by atoms with van der Waals surface area (Å²) < 4.78 is 4.97. The Morgan fingerprint density at radius 1 is 1.47 bits per heavy atom. The highest BCUT2D eigenvalue weighted by Crippen LogP contribution is 2.35. The van der Waals surface area contributed by atoms with Gasteiger partial charge in [-0.2, -0.15) is 0 Å². The van der Waals surface area contributed by atoms with Gasteiger partial charge in [-0.05, 0) is 24.2 Å². The summed E-state index contributed by atoms with van der Waals surface area (Å²) >= 11 is 0. The maximum absolute atomic E-state index is 11.2. The number of rotatable bonds is 6. The van der Waals surface area contributed by atoms with Crippen molar-refractivity contribution in [2.75, 3.05) is 26.8 Å². The topological polar surface area (TPSA) is 49.8 Å². The van der Waals surface area contributed by atoms with Crippen LogP contribution in [0.15, 0.2) is 0 Å². The molecule has 4 heteroatoms. The first-order chi connectivity index (χ1) is 7.86. The van der Waals surface area contributed by atoms with Gasteiger partial charge in [0.25, 0.3) is 0 Å². The molecule has 0 spiro atoms. The van der Waals surface area contributed by atoms with Crippen molar-refractivity contribution in [2.45, 2.75) is 39.7 Å². The highest BCUT2D eigenvalue weighted by Gasteiger charge is 2.40. The average molecular weight is 243 g/mol. The average Bonchev–Trinajstić information content (AvgIpc) is 2.10. The van der Waals surface area contributed by atoms with Crippen molar-refractivity contribution in [3.05, 3.63) is 0 Å². The molecule has 1 rings (SSSR count). The standard InChI is InChI=1S/C13H25NO3/c1-13(2,3)10-8-14(9-10)11(12(15)16)6-5-7-17-4/h10-11H,5-9H2,1-4H3,(H,15,16). The van der Waals surface area contributed by atoms with Crippen molar-refractivity contribution in [3.8, 4) is 0 Å². The number of likely N-dealkylation sites (tertiary alicyclic amines) is 1. The number of carbonyl (C=O) groups is 1. The number of nitrogens with zero attached hydrogens (tertiary/aromatic N) is 1. The van der Waals surface area contributed by atoms with Gasteiger partial charge in [-0.15, -0.1) is 0 Å². The van der Waals surface area contributed by atoms with Crippen LogP contribution in [-0.4, -0.2) is 48.8 Å². The molecular weight excluding hydrogens is 218 g/mol. The molecule has 0 aromatic rings. The third-order valence-corrected chi connectivity index (χ3v) is 3.69. The highest BCUT2D eigenvalue weighted by atomic mass is 16.5. The Morgan fingerprint density at radius 3 is 2.47 bits per heavy atom. The van der Waals surface area contributed by atoms with Crippen molar-refractivity contribution in [1.29, 1.82) is 0 Å². The third kappa shape index (κ3) is 3.96. The maximum Gasteiger partial charge on any atom is 0.320 e. The Labute approximate surface area is 104 Å². The second-order valence-corrected chi connectivity index (χ2v) is 6.01. The molecule has 0 amide bonds. The van der Waals surface area contributed by atoms with Gasteiger partial charge in [0.2, 0.25) is 0 Å². The van der Waals surface area contributed by atoms with E-state index in [-0.39, 0.29) is 11.5 Å². The number of aliphatic carboxylic acids is 1. The van der Waals surface area contributed by atoms with E-state index in [0.29, 0.717) is 18.9 Å². The number of methoxy groups -OCH3 is 1. The molecule has 100 valence electrons. The molecule has 1 aliphatic rings. The summed E-state index contributed by atoms with van der Waals surface area (Å²) in [7, 11) is 1.65. The maximum atomic E-state index is 11.2. The number of carboxylic acid groups (broad SMARTS) is 1. The van der Waals surface area contributed by atoms with Crippen LogP contribution >= 0.6 is 0 Å². The Morgan fingerprint density at radius 2 is 2.06 bits per heavy atom. The van der Waals surface area contributed by atoms with Gasteiger partial charge >= 0.3 is 5.97 Å². The fourth-order valence-corrected chi connectivity index (χ4v) is 2.20. The molecule has 17 heavy (non-hydrogen) atoms. The molecule has 1 aliphatic heterocycles. The van der Waals surface area contributed by atoms with Crippen molar-refractivity contribution >= 4 is 5.97 Å². The van der Waals surface area contributed by atoms with E-state index in [4.69, 9.17) is 4.74 Å². The minimum absolute atomic E-state index is 0.284. The minimum Gasteiger partial charge on any atom is -0.480 e. The molecule has 4 nitrogen and oxygen atoms in total. The van der Waals surface area contributed by atoms with E-state index in [1.807, 2.05) is 0 Å². The third-order valence-electron chi connectivity index (χ3n) is 3.69. The van der Waals surface area contributed by atoms with Gasteiger partial charge in [0, 0.05) is 26.8 Å². The second kappa shape index (κ2) is 5.83. The van der Waals surface area contributed by atoms with Crippen molar-refractivity contribution < 1.29 is 14.6 Å². The largest absolute Gasteiger partial charge is 0.480 e. The van der Waals surface area contributed by atoms with Gasteiger partial charge in [-0.25, -0.2) is 0 Å². The lowest BCUT2D eigenvalue weighted by Crippen LogP contribution is -2.58. The molecule has 1 fully saturated rings. The van der Waals surface area contributed by atoms with Crippen LogP contribution in [0.2, 0.25) is 0 Å². The van der Waals surface area contributed by atoms with Crippen LogP contribution in [-0.2, 0) is 9.53 Å². The normalized spacial score (nSPS) is 20.0. The van der Waals surface area contributed by atoms with E-state index < -0.39 is 5.97 Å². The first-order valence-electron chi connectivity index (χ1n) is 6.32. The molecular formula is C13H25NO3. The molecule has 1 N–H and O–H groups in total. The lowest BCUT2D eigenvalue weighted by molar-refractivity contribution is -0.148. The molecule has 1 saturated heterocycles. The summed E-state index contributed by atoms with van der Waals surface area (Å²) in [5.41, 5.74) is 0.284. The summed E-state index contributed by atoms with van der Waals surface area (Å²) in [5, 5.41) is 9.21. The van der Waals surface area contributed by atoms with Crippen LogP contribution in [0.25, 0.3) is 0 Å². The van der Waals surface area contributed by atoms with Crippen LogP contribution in [0, 0.1) is 11.3 Å². The zero-order valence-electron chi connectivity index (χ0n) is 11.4. The van der Waals surface area contributed by atoms with Crippen LogP contribution in [0.3, 0.4) is 0 Å². The summed E-state index contributed by atoms with van der Waals surface area (Å²) in [4.78, 5) is 13.3. The van der Waals surface area contributed by atoms with E-state index in [9.17, 15) is 9.90 Å². The van der Waals surface area contributed by atoms with Crippen LogP contribution < -0.4 is 0 Å². The van der Waals surface area contributed by atoms with E-state index in [1.165, 1.54) is 0 Å². The van der Waals surface area contributed by atoms with Gasteiger partial charge < -0.3 is 9.84 Å². The zero-order chi connectivity index (χ0) is 13.1. The minimum atomic E-state index is -0.700. The van der Waals surface area contributed by atoms with Gasteiger partial charge in [0.05, 0.1) is 0 Å². The lowest BCUT2D eigenvalue weighted by atomic mass is 9.75. The number of carboxylic acids is 1. The van der Waals surface area contributed by atoms with Gasteiger partial charge in [-0.1, -0.05) is 20.8 Å². The monoisotopic (exact) mass is 243 g/mol. The fourth-order valence-electron chi connectivity index (χ4n) is 2.20. The summed E-state index contributed by atoms with van der Waals surface area (Å²) in [5.74, 6) is -0.0831. The van der Waals surface area contributed by atoms with Gasteiger partial charge in [0.15, 0.2) is 0 Å². The number of hydrogen-bond donors (Lipinski definition) is 1. The molecule has 1 atom stereocenters. The number of hydrogen-bond acceptors (Lipinski definition) is 3. The van der Waals surface area contributed by atoms with E-state index in [0.717, 1.165) is 19.5 Å². The molecule has 0 radical (unpaired) electrons. The summed E-state index contributed by atoms with van der Waals surface area (Å²) in [6.45, 7) is 9.11. The lowest BCUT2D eigenvalue weighted by Gasteiger charge is -2.48. The van der Waals surface area contributed by atoms with E-state index in [1.54, 1.807) is 7.11 Å². The quantitative estimate of drug-likeness (QED) is 0.723. The second-order valence-electron chi connectivity index (χ2n) is 6.01. The van der Waals surface area contributed by atoms with Crippen molar-refractivity contribution in [1.82, 2.24) is 4.90 Å². The van der Waals surface area contributed by atoms with Crippen LogP contribution in [0.5, 0.6) is 0 Å². The first kappa shape index (κ1) is 14.5. The van der Waals surface area contributed by atoms with Crippen molar-refractivity contribution in [3.63, 3.8) is 0 Å². The predicted molar refractivity (Wildman–Crippen MR) is 67.1 cm³/mol. The van der Waals surface area contributed by atoms with Crippen LogP contribution in [0.4, 0.5) is 0 Å². The Bertz CT molecular complexity index is 254. The molecule has 0 bridgehead atoms.